The molecule has 0 N–H and O–H groups in total. The highest BCUT2D eigenvalue weighted by Gasteiger charge is 2.39. The lowest BCUT2D eigenvalue weighted by atomic mass is 9.80. The molecular formula is C9H12OS. The molecule has 1 nitrogen and oxygen atoms in total. The molecule has 11 heavy (non-hydrogen) atoms. The van der Waals surface area contributed by atoms with Crippen molar-refractivity contribution >= 4 is 16.9 Å². The van der Waals surface area contributed by atoms with Crippen LogP contribution in [-0.2, 0) is 4.79 Å². The summed E-state index contributed by atoms with van der Waals surface area (Å²) in [6.07, 6.45) is 4.83. The molecule has 0 unspecified atom stereocenters. The second-order valence-electron chi connectivity index (χ2n) is 3.38. The smallest absolute Gasteiger partial charge is 0.197 e. The van der Waals surface area contributed by atoms with Crippen molar-refractivity contribution in [2.75, 3.05) is 0 Å². The number of thioether (sulfide) groups is 1. The van der Waals surface area contributed by atoms with Crippen LogP contribution in [-0.4, -0.2) is 5.12 Å². The monoisotopic (exact) mass is 168 g/mol. The maximum absolute atomic E-state index is 11.3. The molecule has 2 rings (SSSR count). The Balaban J connectivity index is 2.19. The second kappa shape index (κ2) is 2.67. The molecule has 2 aliphatic rings. The van der Waals surface area contributed by atoms with E-state index in [1.807, 2.05) is 0 Å². The molecule has 0 aromatic rings. The Hall–Kier alpha value is -0.240. The summed E-state index contributed by atoms with van der Waals surface area (Å²) in [6, 6.07) is 0. The van der Waals surface area contributed by atoms with Crippen LogP contribution in [0.3, 0.4) is 0 Å². The number of rotatable bonds is 0. The van der Waals surface area contributed by atoms with E-state index in [1.54, 1.807) is 0 Å². The zero-order valence-corrected chi connectivity index (χ0v) is 7.32. The van der Waals surface area contributed by atoms with Crippen LogP contribution in [0.5, 0.6) is 0 Å². The second-order valence-corrected chi connectivity index (χ2v) is 4.52. The van der Waals surface area contributed by atoms with E-state index < -0.39 is 0 Å². The highest BCUT2D eigenvalue weighted by Crippen LogP contribution is 2.47. The third-order valence-electron chi connectivity index (χ3n) is 2.71. The van der Waals surface area contributed by atoms with Crippen LogP contribution in [0.4, 0.5) is 0 Å². The van der Waals surface area contributed by atoms with Crippen molar-refractivity contribution in [3.63, 3.8) is 0 Å². The van der Waals surface area contributed by atoms with Gasteiger partial charge in [0.25, 0.3) is 0 Å². The SMILES string of the molecule is C=C1SC(=O)[C@H]2CCCC[C@H]12. The first-order valence-corrected chi connectivity index (χ1v) is 5.01. The van der Waals surface area contributed by atoms with Gasteiger partial charge in [0, 0.05) is 11.8 Å². The summed E-state index contributed by atoms with van der Waals surface area (Å²) in [5.41, 5.74) is 0. The maximum atomic E-state index is 11.3. The van der Waals surface area contributed by atoms with Gasteiger partial charge >= 0.3 is 0 Å². The van der Waals surface area contributed by atoms with Crippen molar-refractivity contribution in [3.8, 4) is 0 Å². The van der Waals surface area contributed by atoms with Crippen LogP contribution < -0.4 is 0 Å². The van der Waals surface area contributed by atoms with E-state index in [0.717, 1.165) is 11.3 Å². The summed E-state index contributed by atoms with van der Waals surface area (Å²) in [6.45, 7) is 3.93. The third-order valence-corrected chi connectivity index (χ3v) is 3.78. The predicted octanol–water partition coefficient (Wildman–Crippen LogP) is 2.58. The van der Waals surface area contributed by atoms with Crippen molar-refractivity contribution in [1.29, 1.82) is 0 Å². The zero-order chi connectivity index (χ0) is 7.84. The molecule has 0 bridgehead atoms. The molecule has 1 saturated carbocycles. The number of allylic oxidation sites excluding steroid dienone is 1. The van der Waals surface area contributed by atoms with Gasteiger partial charge in [-0.15, -0.1) is 0 Å². The van der Waals surface area contributed by atoms with Crippen LogP contribution >= 0.6 is 11.8 Å². The topological polar surface area (TPSA) is 17.1 Å². The Bertz CT molecular complexity index is 188. The largest absolute Gasteiger partial charge is 0.287 e. The summed E-state index contributed by atoms with van der Waals surface area (Å²) in [7, 11) is 0. The van der Waals surface area contributed by atoms with Gasteiger partial charge in [-0.1, -0.05) is 31.2 Å². The summed E-state index contributed by atoms with van der Waals surface area (Å²) < 4.78 is 0. The van der Waals surface area contributed by atoms with Crippen LogP contribution in [0.1, 0.15) is 25.7 Å². The molecule has 0 amide bonds. The summed E-state index contributed by atoms with van der Waals surface area (Å²) in [5.74, 6) is 0.863. The molecule has 1 heterocycles. The normalized spacial score (nSPS) is 37.5. The molecule has 0 radical (unpaired) electrons. The van der Waals surface area contributed by atoms with E-state index >= 15 is 0 Å². The van der Waals surface area contributed by atoms with E-state index in [0.29, 0.717) is 17.0 Å². The van der Waals surface area contributed by atoms with Crippen molar-refractivity contribution in [1.82, 2.24) is 0 Å². The molecule has 60 valence electrons. The fourth-order valence-corrected chi connectivity index (χ4v) is 3.20. The minimum absolute atomic E-state index is 0.334. The number of fused-ring (bicyclic) bond motifs is 1. The predicted molar refractivity (Wildman–Crippen MR) is 47.2 cm³/mol. The Kier molecular flexibility index (Phi) is 1.80. The minimum Gasteiger partial charge on any atom is -0.287 e. The van der Waals surface area contributed by atoms with E-state index in [1.165, 1.54) is 31.0 Å². The van der Waals surface area contributed by atoms with Gasteiger partial charge in [-0.05, 0) is 17.7 Å². The molecule has 1 saturated heterocycles. The lowest BCUT2D eigenvalue weighted by Crippen LogP contribution is -2.18. The standard InChI is InChI=1S/C9H12OS/c1-6-7-4-2-3-5-8(7)9(10)11-6/h7-8H,1-5H2/t7-,8+/m1/s1. The summed E-state index contributed by atoms with van der Waals surface area (Å²) in [5, 5.41) is 0.375. The van der Waals surface area contributed by atoms with E-state index in [9.17, 15) is 4.79 Å². The molecule has 0 aromatic heterocycles. The van der Waals surface area contributed by atoms with Crippen molar-refractivity contribution in [3.05, 3.63) is 11.5 Å². The molecule has 2 atom stereocenters. The molecule has 0 aromatic carbocycles. The van der Waals surface area contributed by atoms with Crippen molar-refractivity contribution in [2.24, 2.45) is 11.8 Å². The van der Waals surface area contributed by atoms with E-state index in [4.69, 9.17) is 0 Å². The zero-order valence-electron chi connectivity index (χ0n) is 6.51. The van der Waals surface area contributed by atoms with Crippen LogP contribution in [0.2, 0.25) is 0 Å². The first-order chi connectivity index (χ1) is 5.29. The molecular weight excluding hydrogens is 156 g/mol. The Morgan fingerprint density at radius 2 is 1.91 bits per heavy atom. The van der Waals surface area contributed by atoms with Gasteiger partial charge in [0.1, 0.15) is 0 Å². The number of carbonyl (C=O) groups excluding carboxylic acids is 1. The number of hydrogen-bond acceptors (Lipinski definition) is 2. The average Bonchev–Trinajstić information content (AvgIpc) is 2.30. The third kappa shape index (κ3) is 1.13. The Morgan fingerprint density at radius 3 is 2.55 bits per heavy atom. The Labute approximate surface area is 71.2 Å². The van der Waals surface area contributed by atoms with Gasteiger partial charge in [-0.2, -0.15) is 0 Å². The van der Waals surface area contributed by atoms with Gasteiger partial charge in [0.15, 0.2) is 5.12 Å². The van der Waals surface area contributed by atoms with Crippen molar-refractivity contribution < 1.29 is 4.79 Å². The van der Waals surface area contributed by atoms with E-state index in [-0.39, 0.29) is 0 Å². The molecule has 2 heteroatoms. The highest BCUT2D eigenvalue weighted by atomic mass is 32.2. The first-order valence-electron chi connectivity index (χ1n) is 4.19. The molecule has 0 spiro atoms. The molecule has 1 aliphatic carbocycles. The highest BCUT2D eigenvalue weighted by molar-refractivity contribution is 8.17. The fraction of sp³-hybridized carbons (Fsp3) is 0.667. The van der Waals surface area contributed by atoms with Crippen LogP contribution in [0.25, 0.3) is 0 Å². The lowest BCUT2D eigenvalue weighted by Gasteiger charge is -2.22. The summed E-state index contributed by atoms with van der Waals surface area (Å²) >= 11 is 1.39. The Morgan fingerprint density at radius 1 is 1.27 bits per heavy atom. The van der Waals surface area contributed by atoms with Gasteiger partial charge in [0.05, 0.1) is 0 Å². The van der Waals surface area contributed by atoms with Gasteiger partial charge in [-0.25, -0.2) is 0 Å². The number of carbonyl (C=O) groups is 1. The van der Waals surface area contributed by atoms with Crippen LogP contribution in [0.15, 0.2) is 11.5 Å². The van der Waals surface area contributed by atoms with Crippen LogP contribution in [0, 0.1) is 11.8 Å². The van der Waals surface area contributed by atoms with Gasteiger partial charge in [0.2, 0.25) is 0 Å². The lowest BCUT2D eigenvalue weighted by molar-refractivity contribution is -0.115. The quantitative estimate of drug-likeness (QED) is 0.553. The maximum Gasteiger partial charge on any atom is 0.197 e. The average molecular weight is 168 g/mol. The molecule has 2 fully saturated rings. The minimum atomic E-state index is 0.334. The number of hydrogen-bond donors (Lipinski definition) is 0. The van der Waals surface area contributed by atoms with Crippen molar-refractivity contribution in [2.45, 2.75) is 25.7 Å². The van der Waals surface area contributed by atoms with Gasteiger partial charge in [-0.3, -0.25) is 4.79 Å². The summed E-state index contributed by atoms with van der Waals surface area (Å²) in [4.78, 5) is 12.4. The fourth-order valence-electron chi connectivity index (χ4n) is 2.08. The van der Waals surface area contributed by atoms with Gasteiger partial charge < -0.3 is 0 Å². The molecule has 1 aliphatic heterocycles. The first kappa shape index (κ1) is 7.41. The van der Waals surface area contributed by atoms with E-state index in [2.05, 4.69) is 6.58 Å².